The molecular formula is C18H17NaO3S. The van der Waals surface area contributed by atoms with Gasteiger partial charge >= 0.3 is 29.6 Å². The maximum atomic E-state index is 13.0. The summed E-state index contributed by atoms with van der Waals surface area (Å²) < 4.78 is 13.0. The molecule has 3 rings (SSSR count). The predicted octanol–water partition coefficient (Wildman–Crippen LogP) is -0.443. The van der Waals surface area contributed by atoms with Crippen molar-refractivity contribution in [1.82, 2.24) is 0 Å². The maximum Gasteiger partial charge on any atom is 1.00 e. The minimum Gasteiger partial charge on any atom is -0.606 e. The van der Waals surface area contributed by atoms with Gasteiger partial charge in [0.1, 0.15) is 0 Å². The standard InChI is InChI=1S/C18H18O3S.Na/c1-10(2)15-7-11(3)6-14-9-13-8-12(18(19)20)4-5-16(13)22(21)17(14)15;/h4-8,10H,9H2,1-3H3,(H,19,20);/q;+1/p-1. The number of carbonyl (C=O) groups excluding carboxylic acids is 1. The molecule has 1 heterocycles. The van der Waals surface area contributed by atoms with Crippen molar-refractivity contribution in [3.63, 3.8) is 0 Å². The Morgan fingerprint density at radius 2 is 1.87 bits per heavy atom. The summed E-state index contributed by atoms with van der Waals surface area (Å²) in [5.41, 5.74) is 4.23. The second kappa shape index (κ2) is 6.99. The van der Waals surface area contributed by atoms with Crippen molar-refractivity contribution in [2.75, 3.05) is 0 Å². The van der Waals surface area contributed by atoms with Gasteiger partial charge in [0, 0.05) is 34.3 Å². The average Bonchev–Trinajstić information content (AvgIpc) is 2.45. The zero-order valence-corrected chi connectivity index (χ0v) is 16.6. The summed E-state index contributed by atoms with van der Waals surface area (Å²) in [5, 5.41) is 11.0. The molecule has 2 aromatic rings. The van der Waals surface area contributed by atoms with Crippen LogP contribution >= 0.6 is 0 Å². The Morgan fingerprint density at radius 1 is 1.17 bits per heavy atom. The molecule has 0 aliphatic carbocycles. The average molecular weight is 336 g/mol. The van der Waals surface area contributed by atoms with Crippen molar-refractivity contribution in [1.29, 1.82) is 0 Å². The molecule has 0 spiro atoms. The molecule has 114 valence electrons. The number of hydrogen-bond donors (Lipinski definition) is 0. The first-order chi connectivity index (χ1) is 10.4. The van der Waals surface area contributed by atoms with Gasteiger partial charge in [0.25, 0.3) is 0 Å². The van der Waals surface area contributed by atoms with Crippen LogP contribution in [0.4, 0.5) is 0 Å². The molecule has 0 N–H and O–H groups in total. The Hall–Kier alpha value is -0.780. The molecule has 1 unspecified atom stereocenters. The van der Waals surface area contributed by atoms with Crippen LogP contribution in [-0.2, 0) is 17.6 Å². The Balaban J connectivity index is 0.00000192. The first-order valence-corrected chi connectivity index (χ1v) is 8.43. The van der Waals surface area contributed by atoms with Gasteiger partial charge in [0.15, 0.2) is 9.79 Å². The molecule has 0 amide bonds. The van der Waals surface area contributed by atoms with Crippen molar-refractivity contribution in [3.05, 3.63) is 58.1 Å². The van der Waals surface area contributed by atoms with E-state index in [2.05, 4.69) is 19.9 Å². The summed E-state index contributed by atoms with van der Waals surface area (Å²) >= 11 is -1.27. The monoisotopic (exact) mass is 336 g/mol. The van der Waals surface area contributed by atoms with E-state index in [0.29, 0.717) is 17.2 Å². The Kier molecular flexibility index (Phi) is 5.64. The SMILES string of the molecule is Cc1cc2c(c(C(C)C)c1)[S+]([O-])c1ccc(C(=O)[O-])cc1C2.[Na+]. The summed E-state index contributed by atoms with van der Waals surface area (Å²) in [6, 6.07) is 8.86. The van der Waals surface area contributed by atoms with E-state index in [1.165, 1.54) is 6.07 Å². The molecule has 0 saturated heterocycles. The number of aromatic carboxylic acids is 1. The van der Waals surface area contributed by atoms with E-state index < -0.39 is 17.1 Å². The molecule has 0 aromatic heterocycles. The van der Waals surface area contributed by atoms with Gasteiger partial charge < -0.3 is 14.5 Å². The number of aryl methyl sites for hydroxylation is 1. The summed E-state index contributed by atoms with van der Waals surface area (Å²) in [5.74, 6) is -0.909. The largest absolute Gasteiger partial charge is 1.00 e. The molecule has 0 bridgehead atoms. The quantitative estimate of drug-likeness (QED) is 0.552. The third-order valence-electron chi connectivity index (χ3n) is 4.02. The number of rotatable bonds is 2. The van der Waals surface area contributed by atoms with Crippen molar-refractivity contribution in [2.24, 2.45) is 0 Å². The van der Waals surface area contributed by atoms with E-state index in [-0.39, 0.29) is 35.1 Å². The molecule has 1 aliphatic rings. The summed E-state index contributed by atoms with van der Waals surface area (Å²) in [4.78, 5) is 12.6. The number of carbonyl (C=O) groups is 1. The van der Waals surface area contributed by atoms with Gasteiger partial charge in [-0.15, -0.1) is 0 Å². The normalized spacial score (nSPS) is 15.6. The minimum absolute atomic E-state index is 0. The molecule has 1 atom stereocenters. The molecule has 0 saturated carbocycles. The van der Waals surface area contributed by atoms with Crippen LogP contribution in [0.3, 0.4) is 0 Å². The number of hydrogen-bond acceptors (Lipinski definition) is 3. The minimum atomic E-state index is -1.27. The van der Waals surface area contributed by atoms with Crippen LogP contribution in [0.15, 0.2) is 40.1 Å². The summed E-state index contributed by atoms with van der Waals surface area (Å²) in [7, 11) is 0. The fourth-order valence-corrected chi connectivity index (χ4v) is 4.66. The van der Waals surface area contributed by atoms with Crippen molar-refractivity contribution >= 4 is 17.1 Å². The van der Waals surface area contributed by atoms with E-state index in [1.807, 2.05) is 13.0 Å². The van der Waals surface area contributed by atoms with Crippen LogP contribution in [0.1, 0.15) is 52.4 Å². The number of carboxylic acids is 1. The van der Waals surface area contributed by atoms with Crippen LogP contribution in [0.2, 0.25) is 0 Å². The fraction of sp³-hybridized carbons (Fsp3) is 0.278. The number of fused-ring (bicyclic) bond motifs is 2. The zero-order chi connectivity index (χ0) is 16.0. The Labute approximate surface area is 161 Å². The van der Waals surface area contributed by atoms with E-state index >= 15 is 0 Å². The predicted molar refractivity (Wildman–Crippen MR) is 83.5 cm³/mol. The van der Waals surface area contributed by atoms with Gasteiger partial charge in [-0.3, -0.25) is 0 Å². The van der Waals surface area contributed by atoms with E-state index in [1.54, 1.807) is 12.1 Å². The maximum absolute atomic E-state index is 13.0. The van der Waals surface area contributed by atoms with Gasteiger partial charge in [-0.2, -0.15) is 0 Å². The molecular weight excluding hydrogens is 319 g/mol. The molecule has 1 aliphatic heterocycles. The van der Waals surface area contributed by atoms with E-state index in [4.69, 9.17) is 0 Å². The zero-order valence-electron chi connectivity index (χ0n) is 13.8. The van der Waals surface area contributed by atoms with E-state index in [9.17, 15) is 14.5 Å². The van der Waals surface area contributed by atoms with Gasteiger partial charge in [0.2, 0.25) is 0 Å². The third-order valence-corrected chi connectivity index (χ3v) is 5.69. The second-order valence-corrected chi connectivity index (χ2v) is 7.44. The second-order valence-electron chi connectivity index (χ2n) is 6.05. The van der Waals surface area contributed by atoms with Crippen molar-refractivity contribution < 1.29 is 44.0 Å². The van der Waals surface area contributed by atoms with Crippen LogP contribution in [0, 0.1) is 6.92 Å². The summed E-state index contributed by atoms with van der Waals surface area (Å²) in [6.45, 7) is 6.23. The van der Waals surface area contributed by atoms with Crippen LogP contribution < -0.4 is 34.7 Å². The van der Waals surface area contributed by atoms with Gasteiger partial charge in [-0.1, -0.05) is 31.5 Å². The van der Waals surface area contributed by atoms with Gasteiger partial charge in [-0.25, -0.2) is 0 Å². The van der Waals surface area contributed by atoms with Crippen LogP contribution in [0.25, 0.3) is 0 Å². The molecule has 2 aromatic carbocycles. The van der Waals surface area contributed by atoms with E-state index in [0.717, 1.165) is 27.1 Å². The topological polar surface area (TPSA) is 63.2 Å². The molecule has 0 radical (unpaired) electrons. The first kappa shape index (κ1) is 18.6. The number of benzene rings is 2. The third kappa shape index (κ3) is 3.37. The summed E-state index contributed by atoms with van der Waals surface area (Å²) in [6.07, 6.45) is 0.610. The van der Waals surface area contributed by atoms with Gasteiger partial charge in [-0.05, 0) is 36.6 Å². The van der Waals surface area contributed by atoms with Crippen molar-refractivity contribution in [3.8, 4) is 0 Å². The smallest absolute Gasteiger partial charge is 0.606 e. The van der Waals surface area contributed by atoms with Crippen LogP contribution in [-0.4, -0.2) is 10.5 Å². The van der Waals surface area contributed by atoms with Crippen LogP contribution in [0.5, 0.6) is 0 Å². The molecule has 5 heteroatoms. The number of carboxylic acid groups (broad SMARTS) is 1. The first-order valence-electron chi connectivity index (χ1n) is 7.28. The fourth-order valence-electron chi connectivity index (χ4n) is 3.01. The molecule has 23 heavy (non-hydrogen) atoms. The Morgan fingerprint density at radius 3 is 2.48 bits per heavy atom. The molecule has 3 nitrogen and oxygen atoms in total. The molecule has 0 fully saturated rings. The Bertz CT molecular complexity index is 771. The van der Waals surface area contributed by atoms with Gasteiger partial charge in [0.05, 0.1) is 5.97 Å². The van der Waals surface area contributed by atoms with Crippen molar-refractivity contribution in [2.45, 2.75) is 42.9 Å².